The van der Waals surface area contributed by atoms with Gasteiger partial charge >= 0.3 is 0 Å². The Morgan fingerprint density at radius 3 is 2.40 bits per heavy atom. The maximum atomic E-state index is 13.8. The fourth-order valence-electron chi connectivity index (χ4n) is 3.68. The fourth-order valence-corrected chi connectivity index (χ4v) is 3.68. The van der Waals surface area contributed by atoms with Crippen LogP contribution in [0.4, 0.5) is 4.39 Å². The van der Waals surface area contributed by atoms with Crippen LogP contribution in [0.15, 0.2) is 40.9 Å². The molecule has 0 aliphatic rings. The van der Waals surface area contributed by atoms with E-state index in [1.54, 1.807) is 6.07 Å². The van der Waals surface area contributed by atoms with Crippen molar-refractivity contribution in [2.24, 2.45) is 7.05 Å². The second-order valence-corrected chi connectivity index (χ2v) is 6.97. The molecule has 4 aromatic rings. The van der Waals surface area contributed by atoms with Crippen molar-refractivity contribution in [3.05, 3.63) is 64.6 Å². The first kappa shape index (κ1) is 15.8. The van der Waals surface area contributed by atoms with Crippen molar-refractivity contribution in [2.45, 2.75) is 27.7 Å². The Morgan fingerprint density at radius 1 is 0.880 bits per heavy atom. The molecule has 3 heteroatoms. The highest BCUT2D eigenvalue weighted by atomic mass is 19.1. The molecule has 0 bridgehead atoms. The van der Waals surface area contributed by atoms with Gasteiger partial charge in [0, 0.05) is 28.5 Å². The van der Waals surface area contributed by atoms with E-state index in [1.165, 1.54) is 17.2 Å². The lowest BCUT2D eigenvalue weighted by atomic mass is 9.98. The molecule has 0 aliphatic carbocycles. The molecule has 0 unspecified atom stereocenters. The van der Waals surface area contributed by atoms with Gasteiger partial charge in [0.15, 0.2) is 6.20 Å². The van der Waals surface area contributed by atoms with E-state index in [4.69, 9.17) is 4.42 Å². The minimum atomic E-state index is -0.265. The number of furan rings is 1. The van der Waals surface area contributed by atoms with Gasteiger partial charge in [0.2, 0.25) is 5.69 Å². The number of rotatable bonds is 1. The summed E-state index contributed by atoms with van der Waals surface area (Å²) in [6.45, 7) is 8.24. The molecule has 126 valence electrons. The van der Waals surface area contributed by atoms with Gasteiger partial charge in [-0.15, -0.1) is 0 Å². The van der Waals surface area contributed by atoms with Gasteiger partial charge in [-0.1, -0.05) is 12.1 Å². The lowest BCUT2D eigenvalue weighted by molar-refractivity contribution is -0.660. The molecular weight excluding hydrogens is 313 g/mol. The standard InChI is InChI=1S/C22H21FNO/c1-12-6-7-17-20-14(3)8-16(23)10-19(20)25-22(17)21(12)18-9-13(2)15(4)11-24(18)5/h6-11H,1-5H3/q+1. The normalized spacial score (nSPS) is 11.6. The van der Waals surface area contributed by atoms with E-state index in [0.717, 1.165) is 38.7 Å². The number of pyridine rings is 1. The van der Waals surface area contributed by atoms with Gasteiger partial charge in [-0.2, -0.15) is 0 Å². The zero-order chi connectivity index (χ0) is 17.9. The Hall–Kier alpha value is -2.68. The van der Waals surface area contributed by atoms with E-state index >= 15 is 0 Å². The highest BCUT2D eigenvalue weighted by Crippen LogP contribution is 2.38. The topological polar surface area (TPSA) is 17.0 Å². The molecule has 0 saturated carbocycles. The second kappa shape index (κ2) is 5.41. The van der Waals surface area contributed by atoms with Crippen molar-refractivity contribution < 1.29 is 13.4 Å². The Balaban J connectivity index is 2.16. The number of halogens is 1. The average Bonchev–Trinajstić information content (AvgIpc) is 2.89. The summed E-state index contributed by atoms with van der Waals surface area (Å²) < 4.78 is 22.1. The van der Waals surface area contributed by atoms with E-state index in [2.05, 4.69) is 49.7 Å². The van der Waals surface area contributed by atoms with Crippen LogP contribution in [-0.2, 0) is 7.05 Å². The minimum absolute atomic E-state index is 0.265. The number of hydrogen-bond acceptors (Lipinski definition) is 1. The van der Waals surface area contributed by atoms with Crippen molar-refractivity contribution in [1.29, 1.82) is 0 Å². The fraction of sp³-hybridized carbons (Fsp3) is 0.227. The van der Waals surface area contributed by atoms with Crippen LogP contribution >= 0.6 is 0 Å². The summed E-state index contributed by atoms with van der Waals surface area (Å²) in [6, 6.07) is 9.42. The highest BCUT2D eigenvalue weighted by Gasteiger charge is 2.22. The Kier molecular flexibility index (Phi) is 3.43. The van der Waals surface area contributed by atoms with Gasteiger partial charge in [-0.3, -0.25) is 0 Å². The predicted molar refractivity (Wildman–Crippen MR) is 99.2 cm³/mol. The number of aromatic nitrogens is 1. The Labute approximate surface area is 146 Å². The molecule has 0 aliphatic heterocycles. The summed E-state index contributed by atoms with van der Waals surface area (Å²) in [5.41, 5.74) is 8.12. The summed E-state index contributed by atoms with van der Waals surface area (Å²) in [4.78, 5) is 0. The van der Waals surface area contributed by atoms with Crippen LogP contribution in [0, 0.1) is 33.5 Å². The maximum Gasteiger partial charge on any atom is 0.216 e. The predicted octanol–water partition coefficient (Wildman–Crippen LogP) is 5.45. The quantitative estimate of drug-likeness (QED) is 0.423. The van der Waals surface area contributed by atoms with Crippen LogP contribution in [-0.4, -0.2) is 0 Å². The summed E-state index contributed by atoms with van der Waals surface area (Å²) >= 11 is 0. The van der Waals surface area contributed by atoms with Gasteiger partial charge in [-0.05, 0) is 50.5 Å². The van der Waals surface area contributed by atoms with Crippen molar-refractivity contribution in [1.82, 2.24) is 0 Å². The largest absolute Gasteiger partial charge is 0.455 e. The lowest BCUT2D eigenvalue weighted by Gasteiger charge is -2.08. The smallest absolute Gasteiger partial charge is 0.216 e. The summed E-state index contributed by atoms with van der Waals surface area (Å²) in [5, 5.41) is 2.02. The van der Waals surface area contributed by atoms with Crippen molar-refractivity contribution in [3.8, 4) is 11.3 Å². The van der Waals surface area contributed by atoms with Gasteiger partial charge in [-0.25, -0.2) is 8.96 Å². The van der Waals surface area contributed by atoms with Crippen LogP contribution in [0.2, 0.25) is 0 Å². The first-order valence-electron chi connectivity index (χ1n) is 8.46. The number of benzene rings is 2. The molecule has 0 fully saturated rings. The molecule has 2 aromatic heterocycles. The third-order valence-corrected chi connectivity index (χ3v) is 5.11. The lowest BCUT2D eigenvalue weighted by Crippen LogP contribution is -2.31. The SMILES string of the molecule is Cc1cc(-c2c(C)ccc3c2oc2cc(F)cc(C)c23)[n+](C)cc1C. The summed E-state index contributed by atoms with van der Waals surface area (Å²) in [6.07, 6.45) is 2.14. The van der Waals surface area contributed by atoms with Gasteiger partial charge in [0.1, 0.15) is 24.0 Å². The van der Waals surface area contributed by atoms with Crippen molar-refractivity contribution >= 4 is 21.9 Å². The van der Waals surface area contributed by atoms with E-state index in [0.29, 0.717) is 5.58 Å². The molecule has 0 atom stereocenters. The van der Waals surface area contributed by atoms with E-state index in [1.807, 2.05) is 14.0 Å². The molecule has 2 heterocycles. The molecule has 0 amide bonds. The second-order valence-electron chi connectivity index (χ2n) is 6.97. The molecular formula is C22H21FNO+. The number of aryl methyl sites for hydroxylation is 5. The van der Waals surface area contributed by atoms with Crippen LogP contribution in [0.25, 0.3) is 33.2 Å². The maximum absolute atomic E-state index is 13.8. The van der Waals surface area contributed by atoms with Crippen molar-refractivity contribution in [3.63, 3.8) is 0 Å². The Morgan fingerprint density at radius 2 is 1.64 bits per heavy atom. The van der Waals surface area contributed by atoms with Crippen LogP contribution in [0.3, 0.4) is 0 Å². The summed E-state index contributed by atoms with van der Waals surface area (Å²) in [5.74, 6) is -0.265. The number of fused-ring (bicyclic) bond motifs is 3. The molecule has 0 saturated heterocycles. The molecule has 2 nitrogen and oxygen atoms in total. The molecule has 4 rings (SSSR count). The minimum Gasteiger partial charge on any atom is -0.455 e. The number of nitrogens with zero attached hydrogens (tertiary/aromatic N) is 1. The van der Waals surface area contributed by atoms with E-state index in [9.17, 15) is 4.39 Å². The molecule has 0 N–H and O–H groups in total. The van der Waals surface area contributed by atoms with Gasteiger partial charge < -0.3 is 4.42 Å². The first-order chi connectivity index (χ1) is 11.9. The van der Waals surface area contributed by atoms with E-state index in [-0.39, 0.29) is 5.82 Å². The van der Waals surface area contributed by atoms with Crippen LogP contribution in [0.1, 0.15) is 22.3 Å². The molecule has 0 spiro atoms. The van der Waals surface area contributed by atoms with Crippen LogP contribution < -0.4 is 4.57 Å². The number of hydrogen-bond donors (Lipinski definition) is 0. The van der Waals surface area contributed by atoms with Crippen LogP contribution in [0.5, 0.6) is 0 Å². The van der Waals surface area contributed by atoms with E-state index < -0.39 is 0 Å². The summed E-state index contributed by atoms with van der Waals surface area (Å²) in [7, 11) is 2.05. The zero-order valence-corrected chi connectivity index (χ0v) is 15.2. The first-order valence-corrected chi connectivity index (χ1v) is 8.46. The zero-order valence-electron chi connectivity index (χ0n) is 15.2. The van der Waals surface area contributed by atoms with Gasteiger partial charge in [0.05, 0.1) is 5.56 Å². The van der Waals surface area contributed by atoms with Gasteiger partial charge in [0.25, 0.3) is 0 Å². The monoisotopic (exact) mass is 334 g/mol. The molecule has 25 heavy (non-hydrogen) atoms. The third-order valence-electron chi connectivity index (χ3n) is 5.11. The molecule has 2 aromatic carbocycles. The molecule has 0 radical (unpaired) electrons. The highest BCUT2D eigenvalue weighted by molar-refractivity contribution is 6.11. The third kappa shape index (κ3) is 2.34. The van der Waals surface area contributed by atoms with Crippen molar-refractivity contribution in [2.75, 3.05) is 0 Å². The average molecular weight is 334 g/mol. The Bertz CT molecular complexity index is 1150.